The summed E-state index contributed by atoms with van der Waals surface area (Å²) in [5.74, 6) is 0. The Morgan fingerprint density at radius 2 is 2.38 bits per heavy atom. The number of anilines is 1. The van der Waals surface area contributed by atoms with Crippen molar-refractivity contribution in [2.24, 2.45) is 0 Å². The average Bonchev–Trinajstić information content (AvgIpc) is 2.49. The van der Waals surface area contributed by atoms with Gasteiger partial charge in [-0.05, 0) is 18.2 Å². The minimum atomic E-state index is -2.27. The lowest BCUT2D eigenvalue weighted by Gasteiger charge is -2.07. The molecule has 0 amide bonds. The first-order chi connectivity index (χ1) is 6.25. The summed E-state index contributed by atoms with van der Waals surface area (Å²) in [5, 5.41) is 0. The van der Waals surface area contributed by atoms with Gasteiger partial charge in [-0.1, -0.05) is 0 Å². The molecule has 6 heteroatoms. The van der Waals surface area contributed by atoms with Crippen LogP contribution in [-0.2, 0) is 11.3 Å². The van der Waals surface area contributed by atoms with Gasteiger partial charge in [0, 0.05) is 17.0 Å². The van der Waals surface area contributed by atoms with Crippen LogP contribution in [0.1, 0.15) is 0 Å². The summed E-state index contributed by atoms with van der Waals surface area (Å²) in [6, 6.07) is 5.24. The number of nitrogens with zero attached hydrogens (tertiary/aromatic N) is 1. The molecular formula is C7H5N2O2S2-. The van der Waals surface area contributed by atoms with E-state index in [1.165, 1.54) is 11.3 Å². The Kier molecular flexibility index (Phi) is 2.26. The second-order valence-electron chi connectivity index (χ2n) is 2.37. The lowest BCUT2D eigenvalue weighted by Crippen LogP contribution is -2.01. The van der Waals surface area contributed by atoms with Crippen LogP contribution in [0.5, 0.6) is 0 Å². The molecule has 2 aromatic rings. The first kappa shape index (κ1) is 8.61. The molecule has 1 N–H and O–H groups in total. The molecule has 0 aliphatic rings. The quantitative estimate of drug-likeness (QED) is 0.769. The lowest BCUT2D eigenvalue weighted by atomic mass is 10.3. The third-order valence-electron chi connectivity index (χ3n) is 1.53. The molecule has 0 saturated carbocycles. The second-order valence-corrected chi connectivity index (χ2v) is 3.93. The van der Waals surface area contributed by atoms with E-state index in [0.29, 0.717) is 5.69 Å². The van der Waals surface area contributed by atoms with Crippen LogP contribution in [0.25, 0.3) is 10.2 Å². The van der Waals surface area contributed by atoms with E-state index in [1.54, 1.807) is 17.6 Å². The maximum absolute atomic E-state index is 10.3. The van der Waals surface area contributed by atoms with Crippen LogP contribution in [0.3, 0.4) is 0 Å². The fourth-order valence-corrected chi connectivity index (χ4v) is 2.00. The van der Waals surface area contributed by atoms with Crippen molar-refractivity contribution in [1.82, 2.24) is 4.98 Å². The topological polar surface area (TPSA) is 65.0 Å². The molecule has 0 saturated heterocycles. The molecule has 4 nitrogen and oxygen atoms in total. The molecule has 2 rings (SSSR count). The number of rotatable bonds is 2. The van der Waals surface area contributed by atoms with Crippen LogP contribution in [-0.4, -0.2) is 13.7 Å². The van der Waals surface area contributed by atoms with Crippen LogP contribution < -0.4 is 4.72 Å². The van der Waals surface area contributed by atoms with Gasteiger partial charge in [-0.3, -0.25) is 4.21 Å². The van der Waals surface area contributed by atoms with Crippen LogP contribution in [0.15, 0.2) is 23.7 Å². The lowest BCUT2D eigenvalue weighted by molar-refractivity contribution is 0.542. The van der Waals surface area contributed by atoms with Gasteiger partial charge in [-0.15, -0.1) is 11.3 Å². The smallest absolute Gasteiger partial charge is 0.0832 e. The molecule has 1 unspecified atom stereocenters. The SMILES string of the molecule is O=S([O-])Nc1ccc2scnc2c1. The summed E-state index contributed by atoms with van der Waals surface area (Å²) in [7, 11) is 0. The van der Waals surface area contributed by atoms with Crippen molar-refractivity contribution in [2.75, 3.05) is 4.72 Å². The Morgan fingerprint density at radius 1 is 1.54 bits per heavy atom. The van der Waals surface area contributed by atoms with Gasteiger partial charge in [0.15, 0.2) is 0 Å². The molecule has 1 aromatic carbocycles. The van der Waals surface area contributed by atoms with Crippen LogP contribution >= 0.6 is 11.3 Å². The summed E-state index contributed by atoms with van der Waals surface area (Å²) in [5.41, 5.74) is 3.06. The first-order valence-electron chi connectivity index (χ1n) is 3.45. The third kappa shape index (κ3) is 1.85. The number of hydrogen-bond donors (Lipinski definition) is 1. The Balaban J connectivity index is 2.42. The molecule has 0 spiro atoms. The molecule has 1 atom stereocenters. The molecule has 1 aromatic heterocycles. The normalized spacial score (nSPS) is 13.0. The third-order valence-corrected chi connectivity index (χ3v) is 2.74. The fourth-order valence-electron chi connectivity index (χ4n) is 1.02. The van der Waals surface area contributed by atoms with Crippen LogP contribution in [0.2, 0.25) is 0 Å². The Bertz CT molecular complexity index is 454. The fraction of sp³-hybridized carbons (Fsp3) is 0. The van der Waals surface area contributed by atoms with E-state index in [0.717, 1.165) is 10.2 Å². The van der Waals surface area contributed by atoms with Gasteiger partial charge < -0.3 is 9.27 Å². The van der Waals surface area contributed by atoms with Crippen molar-refractivity contribution in [1.29, 1.82) is 0 Å². The van der Waals surface area contributed by atoms with Gasteiger partial charge in [0.2, 0.25) is 0 Å². The molecule has 0 aliphatic heterocycles. The summed E-state index contributed by atoms with van der Waals surface area (Å²) in [6.45, 7) is 0. The van der Waals surface area contributed by atoms with Crippen molar-refractivity contribution in [3.63, 3.8) is 0 Å². The van der Waals surface area contributed by atoms with Crippen molar-refractivity contribution >= 4 is 38.5 Å². The van der Waals surface area contributed by atoms with E-state index >= 15 is 0 Å². The highest BCUT2D eigenvalue weighted by Gasteiger charge is 1.97. The minimum absolute atomic E-state index is 0.534. The molecule has 68 valence electrons. The average molecular weight is 213 g/mol. The molecule has 0 aliphatic carbocycles. The Hall–Kier alpha value is -0.980. The highest BCUT2D eigenvalue weighted by Crippen LogP contribution is 2.21. The zero-order valence-corrected chi connectivity index (χ0v) is 8.02. The summed E-state index contributed by atoms with van der Waals surface area (Å²) >= 11 is -0.750. The second kappa shape index (κ2) is 3.41. The monoisotopic (exact) mass is 213 g/mol. The van der Waals surface area contributed by atoms with E-state index in [4.69, 9.17) is 0 Å². The maximum atomic E-state index is 10.3. The molecule has 13 heavy (non-hydrogen) atoms. The highest BCUT2D eigenvalue weighted by molar-refractivity contribution is 7.80. The standard InChI is InChI=1S/C7H6N2O2S2/c10-13(11)9-5-1-2-7-6(3-5)8-4-12-7/h1-4,9H,(H,10,11)/p-1. The van der Waals surface area contributed by atoms with E-state index < -0.39 is 11.3 Å². The van der Waals surface area contributed by atoms with Crippen molar-refractivity contribution < 1.29 is 8.76 Å². The predicted molar refractivity (Wildman–Crippen MR) is 52.2 cm³/mol. The van der Waals surface area contributed by atoms with Gasteiger partial charge in [-0.25, -0.2) is 4.98 Å². The van der Waals surface area contributed by atoms with Gasteiger partial charge in [0.1, 0.15) is 0 Å². The Morgan fingerprint density at radius 3 is 3.15 bits per heavy atom. The minimum Gasteiger partial charge on any atom is -0.755 e. The molecule has 1 heterocycles. The number of nitrogens with one attached hydrogen (secondary N) is 1. The predicted octanol–water partition coefficient (Wildman–Crippen LogP) is 1.50. The summed E-state index contributed by atoms with van der Waals surface area (Å²) in [6.07, 6.45) is 0. The largest absolute Gasteiger partial charge is 0.755 e. The van der Waals surface area contributed by atoms with Gasteiger partial charge in [-0.2, -0.15) is 0 Å². The van der Waals surface area contributed by atoms with E-state index in [1.807, 2.05) is 6.07 Å². The highest BCUT2D eigenvalue weighted by atomic mass is 32.2. The number of hydrogen-bond acceptors (Lipinski definition) is 4. The van der Waals surface area contributed by atoms with Gasteiger partial charge >= 0.3 is 0 Å². The first-order valence-corrected chi connectivity index (χ1v) is 5.40. The maximum Gasteiger partial charge on any atom is 0.0832 e. The van der Waals surface area contributed by atoms with Gasteiger partial charge in [0.05, 0.1) is 15.7 Å². The number of fused-ring (bicyclic) bond motifs is 1. The summed E-state index contributed by atoms with van der Waals surface area (Å²) < 4.78 is 23.9. The number of aromatic nitrogens is 1. The van der Waals surface area contributed by atoms with E-state index in [-0.39, 0.29) is 0 Å². The number of thiazole rings is 1. The van der Waals surface area contributed by atoms with Crippen molar-refractivity contribution in [2.45, 2.75) is 0 Å². The zero-order valence-electron chi connectivity index (χ0n) is 6.39. The van der Waals surface area contributed by atoms with E-state index in [9.17, 15) is 8.76 Å². The summed E-state index contributed by atoms with van der Waals surface area (Å²) in [4.78, 5) is 4.06. The van der Waals surface area contributed by atoms with E-state index in [2.05, 4.69) is 9.71 Å². The van der Waals surface area contributed by atoms with Gasteiger partial charge in [0.25, 0.3) is 0 Å². The molecule has 0 radical (unpaired) electrons. The molecular weight excluding hydrogens is 208 g/mol. The van der Waals surface area contributed by atoms with Crippen molar-refractivity contribution in [3.8, 4) is 0 Å². The zero-order chi connectivity index (χ0) is 9.26. The van der Waals surface area contributed by atoms with Crippen LogP contribution in [0.4, 0.5) is 5.69 Å². The Labute approximate surface area is 81.0 Å². The molecule has 0 bridgehead atoms. The van der Waals surface area contributed by atoms with Crippen molar-refractivity contribution in [3.05, 3.63) is 23.7 Å². The van der Waals surface area contributed by atoms with Crippen LogP contribution in [0, 0.1) is 0 Å². The molecule has 0 fully saturated rings. The number of benzene rings is 1.